The number of nitrogens with zero attached hydrogens (tertiary/aromatic N) is 2. The SMILES string of the molecule is CC(=O)N(CCc1ccc(Cl)cc1Cl)CC(=O)NCCN(C)C. The fourth-order valence-corrected chi connectivity index (χ4v) is 2.48. The molecule has 1 rings (SSSR count). The third-order valence-corrected chi connectivity index (χ3v) is 3.91. The number of hydrogen-bond donors (Lipinski definition) is 1. The van der Waals surface area contributed by atoms with Gasteiger partial charge in [0.15, 0.2) is 0 Å². The largest absolute Gasteiger partial charge is 0.353 e. The van der Waals surface area contributed by atoms with E-state index in [1.807, 2.05) is 25.1 Å². The Morgan fingerprint density at radius 1 is 1.17 bits per heavy atom. The molecule has 0 fully saturated rings. The fourth-order valence-electron chi connectivity index (χ4n) is 1.98. The highest BCUT2D eigenvalue weighted by Crippen LogP contribution is 2.21. The standard InChI is InChI=1S/C16H23Cl2N3O2/c1-12(22)21(11-16(23)19-7-9-20(2)3)8-6-13-4-5-14(17)10-15(13)18/h4-5,10H,6-9,11H2,1-3H3,(H,19,23). The van der Waals surface area contributed by atoms with Crippen molar-refractivity contribution < 1.29 is 9.59 Å². The zero-order valence-electron chi connectivity index (χ0n) is 13.7. The molecular formula is C16H23Cl2N3O2. The molecule has 2 amide bonds. The average molecular weight is 360 g/mol. The summed E-state index contributed by atoms with van der Waals surface area (Å²) in [6.07, 6.45) is 0.570. The first-order chi connectivity index (χ1) is 10.8. The molecule has 0 atom stereocenters. The van der Waals surface area contributed by atoms with Gasteiger partial charge in [0.2, 0.25) is 11.8 Å². The van der Waals surface area contributed by atoms with Crippen LogP contribution in [0.2, 0.25) is 10.0 Å². The van der Waals surface area contributed by atoms with E-state index in [1.54, 1.807) is 12.1 Å². The Kier molecular flexibility index (Phi) is 8.37. The summed E-state index contributed by atoms with van der Waals surface area (Å²) in [6.45, 7) is 3.25. The van der Waals surface area contributed by atoms with Gasteiger partial charge in [-0.25, -0.2) is 0 Å². The molecule has 5 nitrogen and oxygen atoms in total. The highest BCUT2D eigenvalue weighted by atomic mass is 35.5. The number of carbonyl (C=O) groups excluding carboxylic acids is 2. The molecule has 0 unspecified atom stereocenters. The Morgan fingerprint density at radius 2 is 1.87 bits per heavy atom. The second-order valence-electron chi connectivity index (χ2n) is 5.58. The lowest BCUT2D eigenvalue weighted by Crippen LogP contribution is -2.42. The van der Waals surface area contributed by atoms with Crippen molar-refractivity contribution in [3.05, 3.63) is 33.8 Å². The lowest BCUT2D eigenvalue weighted by Gasteiger charge is -2.21. The molecule has 0 aliphatic heterocycles. The molecule has 0 heterocycles. The predicted octanol–water partition coefficient (Wildman–Crippen LogP) is 2.06. The van der Waals surface area contributed by atoms with Crippen molar-refractivity contribution in [2.75, 3.05) is 40.3 Å². The smallest absolute Gasteiger partial charge is 0.239 e. The van der Waals surface area contributed by atoms with E-state index in [0.29, 0.717) is 29.6 Å². The lowest BCUT2D eigenvalue weighted by atomic mass is 10.1. The number of likely N-dealkylation sites (N-methyl/N-ethyl adjacent to an activating group) is 1. The lowest BCUT2D eigenvalue weighted by molar-refractivity contribution is -0.134. The molecular weight excluding hydrogens is 337 g/mol. The average Bonchev–Trinajstić information content (AvgIpc) is 2.44. The van der Waals surface area contributed by atoms with Crippen molar-refractivity contribution in [2.45, 2.75) is 13.3 Å². The predicted molar refractivity (Wildman–Crippen MR) is 94.0 cm³/mol. The first-order valence-electron chi connectivity index (χ1n) is 7.40. The summed E-state index contributed by atoms with van der Waals surface area (Å²) in [7, 11) is 3.87. The van der Waals surface area contributed by atoms with Crippen LogP contribution in [-0.4, -0.2) is 61.9 Å². The van der Waals surface area contributed by atoms with Gasteiger partial charge < -0.3 is 15.1 Å². The Balaban J connectivity index is 2.52. The van der Waals surface area contributed by atoms with Crippen molar-refractivity contribution in [3.63, 3.8) is 0 Å². The zero-order chi connectivity index (χ0) is 17.4. The third-order valence-electron chi connectivity index (χ3n) is 3.33. The van der Waals surface area contributed by atoms with E-state index in [1.165, 1.54) is 11.8 Å². The van der Waals surface area contributed by atoms with Crippen molar-refractivity contribution in [1.82, 2.24) is 15.1 Å². The van der Waals surface area contributed by atoms with E-state index < -0.39 is 0 Å². The molecule has 0 bridgehead atoms. The molecule has 7 heteroatoms. The first kappa shape index (κ1) is 19.7. The molecule has 0 saturated carbocycles. The van der Waals surface area contributed by atoms with Crippen molar-refractivity contribution >= 4 is 35.0 Å². The van der Waals surface area contributed by atoms with E-state index in [9.17, 15) is 9.59 Å². The molecule has 0 radical (unpaired) electrons. The minimum Gasteiger partial charge on any atom is -0.353 e. The van der Waals surface area contributed by atoms with Crippen LogP contribution >= 0.6 is 23.2 Å². The van der Waals surface area contributed by atoms with Crippen molar-refractivity contribution in [2.24, 2.45) is 0 Å². The number of halogens is 2. The summed E-state index contributed by atoms with van der Waals surface area (Å²) >= 11 is 12.0. The van der Waals surface area contributed by atoms with Crippen molar-refractivity contribution in [1.29, 1.82) is 0 Å². The van der Waals surface area contributed by atoms with E-state index in [-0.39, 0.29) is 18.4 Å². The van der Waals surface area contributed by atoms with Crippen LogP contribution in [0.15, 0.2) is 18.2 Å². The van der Waals surface area contributed by atoms with Gasteiger partial charge in [-0.2, -0.15) is 0 Å². The van der Waals surface area contributed by atoms with Crippen LogP contribution in [0.3, 0.4) is 0 Å². The Labute approximate surface area is 147 Å². The van der Waals surface area contributed by atoms with Gasteiger partial charge in [0.05, 0.1) is 6.54 Å². The topological polar surface area (TPSA) is 52.7 Å². The van der Waals surface area contributed by atoms with Gasteiger partial charge in [0.1, 0.15) is 0 Å². The summed E-state index contributed by atoms with van der Waals surface area (Å²) in [5.74, 6) is -0.304. The molecule has 128 valence electrons. The first-order valence-corrected chi connectivity index (χ1v) is 8.16. The normalized spacial score (nSPS) is 10.7. The number of hydrogen-bond acceptors (Lipinski definition) is 3. The van der Waals surface area contributed by atoms with E-state index >= 15 is 0 Å². The summed E-state index contributed by atoms with van der Waals surface area (Å²) in [5, 5.41) is 3.94. The van der Waals surface area contributed by atoms with Crippen LogP contribution < -0.4 is 5.32 Å². The molecule has 0 spiro atoms. The number of benzene rings is 1. The molecule has 1 N–H and O–H groups in total. The second-order valence-corrected chi connectivity index (χ2v) is 6.42. The van der Waals surface area contributed by atoms with E-state index in [2.05, 4.69) is 5.32 Å². The Hall–Kier alpha value is -1.30. The second kappa shape index (κ2) is 9.75. The number of nitrogens with one attached hydrogen (secondary N) is 1. The Morgan fingerprint density at radius 3 is 2.43 bits per heavy atom. The highest BCUT2D eigenvalue weighted by Gasteiger charge is 2.14. The van der Waals surface area contributed by atoms with E-state index in [4.69, 9.17) is 23.2 Å². The molecule has 23 heavy (non-hydrogen) atoms. The van der Waals surface area contributed by atoms with Crippen LogP contribution in [0.4, 0.5) is 0 Å². The van der Waals surface area contributed by atoms with Gasteiger partial charge in [0, 0.05) is 36.6 Å². The van der Waals surface area contributed by atoms with Crippen LogP contribution in [0, 0.1) is 0 Å². The minimum absolute atomic E-state index is 0.0496. The molecule has 0 aromatic heterocycles. The maximum atomic E-state index is 11.9. The van der Waals surface area contributed by atoms with Crippen molar-refractivity contribution in [3.8, 4) is 0 Å². The number of carbonyl (C=O) groups is 2. The zero-order valence-corrected chi connectivity index (χ0v) is 15.2. The molecule has 0 aliphatic carbocycles. The van der Waals surface area contributed by atoms with Crippen LogP contribution in [0.1, 0.15) is 12.5 Å². The maximum Gasteiger partial charge on any atom is 0.239 e. The quantitative estimate of drug-likeness (QED) is 0.772. The Bertz CT molecular complexity index is 550. The van der Waals surface area contributed by atoms with Gasteiger partial charge in [-0.1, -0.05) is 29.3 Å². The number of amides is 2. The van der Waals surface area contributed by atoms with E-state index in [0.717, 1.165) is 12.1 Å². The summed E-state index contributed by atoms with van der Waals surface area (Å²) in [5.41, 5.74) is 0.898. The van der Waals surface area contributed by atoms with Crippen LogP contribution in [0.5, 0.6) is 0 Å². The fraction of sp³-hybridized carbons (Fsp3) is 0.500. The highest BCUT2D eigenvalue weighted by molar-refractivity contribution is 6.35. The molecule has 0 aliphatic rings. The minimum atomic E-state index is -0.163. The maximum absolute atomic E-state index is 11.9. The molecule has 1 aromatic rings. The summed E-state index contributed by atoms with van der Waals surface area (Å²) in [4.78, 5) is 27.1. The molecule has 0 saturated heterocycles. The summed E-state index contributed by atoms with van der Waals surface area (Å²) in [6, 6.07) is 5.26. The molecule has 1 aromatic carbocycles. The third kappa shape index (κ3) is 7.68. The van der Waals surface area contributed by atoms with Gasteiger partial charge in [-0.15, -0.1) is 0 Å². The van der Waals surface area contributed by atoms with Gasteiger partial charge in [-0.3, -0.25) is 9.59 Å². The van der Waals surface area contributed by atoms with Crippen LogP contribution in [0.25, 0.3) is 0 Å². The van der Waals surface area contributed by atoms with Crippen LogP contribution in [-0.2, 0) is 16.0 Å². The summed E-state index contributed by atoms with van der Waals surface area (Å²) < 4.78 is 0. The monoisotopic (exact) mass is 359 g/mol. The van der Waals surface area contributed by atoms with Gasteiger partial charge in [-0.05, 0) is 38.2 Å². The van der Waals surface area contributed by atoms with Gasteiger partial charge in [0.25, 0.3) is 0 Å². The number of rotatable bonds is 8. The van der Waals surface area contributed by atoms with Gasteiger partial charge >= 0.3 is 0 Å².